The van der Waals surface area contributed by atoms with Gasteiger partial charge in [0.1, 0.15) is 0 Å². The molecule has 0 unspecified atom stereocenters. The molecule has 0 rings (SSSR count). The molecule has 0 aliphatic heterocycles. The molecule has 1 heteroatoms. The largest absolute Gasteiger partial charge is 0 e. The van der Waals surface area contributed by atoms with Crippen LogP contribution >= 0.6 is 0 Å². The van der Waals surface area contributed by atoms with Gasteiger partial charge < -0.3 is 0 Å². The molecule has 0 radical (unpaired) electrons. The van der Waals surface area contributed by atoms with Crippen molar-refractivity contribution in [3.63, 3.8) is 0 Å². The third-order valence-electron chi connectivity index (χ3n) is 0. The van der Waals surface area contributed by atoms with Crippen molar-refractivity contribution in [2.45, 2.75) is 37.1 Å². The summed E-state index contributed by atoms with van der Waals surface area (Å²) in [6, 6.07) is 0. The molecule has 7 heavy (non-hydrogen) atoms. The second-order valence-electron chi connectivity index (χ2n) is 0. The van der Waals surface area contributed by atoms with Gasteiger partial charge >= 0.3 is 11.3 Å². The van der Waals surface area contributed by atoms with E-state index in [4.69, 9.17) is 4.65 Å². The summed E-state index contributed by atoms with van der Waals surface area (Å²) in [4.78, 5) is 0. The predicted octanol–water partition coefficient (Wildman–Crippen LogP) is 3.88. The first-order valence-corrected chi connectivity index (χ1v) is 0.204. The Balaban J connectivity index is -0.000000000179. The van der Waals surface area contributed by atoms with Gasteiger partial charge in [-0.3, -0.25) is 0 Å². The van der Waals surface area contributed by atoms with Gasteiger partial charge in [0, 0.05) is 4.28 Å². The van der Waals surface area contributed by atoms with Crippen LogP contribution in [-0.2, 0) is 4.65 Å². The second kappa shape index (κ2) is 1910. The van der Waals surface area contributed by atoms with E-state index in [2.05, 4.69) is 6.65 Å². The molecule has 0 aliphatic rings. The molecule has 1 nitrogen and oxygen atoms in total. The van der Waals surface area contributed by atoms with E-state index in [1.54, 1.807) is 0 Å². The van der Waals surface area contributed by atoms with Crippen molar-refractivity contribution in [2.24, 2.45) is 0 Å². The molecule has 0 amide bonds. The van der Waals surface area contributed by atoms with E-state index < -0.39 is 0 Å². The summed E-state index contributed by atoms with van der Waals surface area (Å²) in [6.45, 7) is 4.50. The average Bonchev–Trinajstić information content (AvgIpc) is 1.00. The Morgan fingerprint density at radius 1 is 0.714 bits per heavy atom. The summed E-state index contributed by atoms with van der Waals surface area (Å²) in [6.07, 6.45) is 0. The summed E-state index contributed by atoms with van der Waals surface area (Å²) in [5, 5.41) is 0. The minimum atomic E-state index is 0. The van der Waals surface area contributed by atoms with Crippen LogP contribution in [0.3, 0.4) is 0 Å². The van der Waals surface area contributed by atoms with Crippen LogP contribution in [0.4, 0.5) is 0 Å². The smallest absolute Gasteiger partial charge is 0 e. The topological polar surface area (TPSA) is 19.9 Å². The first-order chi connectivity index (χ1) is 1.00. The van der Waals surface area contributed by atoms with Gasteiger partial charge in [-0.05, 0) is 0 Å². The first kappa shape index (κ1) is 406. The molecule has 0 heterocycles. The maximum atomic E-state index is 7.50. The maximum Gasteiger partial charge on any atom is 0 e. The van der Waals surface area contributed by atoms with Gasteiger partial charge in [0.2, 0.25) is 0 Å². The fourth-order valence-electron chi connectivity index (χ4n) is 0. The van der Waals surface area contributed by atoms with E-state index in [0.717, 1.165) is 0 Å². The molecular weight excluding hydrogens is 88.1 g/mol. The van der Waals surface area contributed by atoms with Gasteiger partial charge in [-0.25, -0.2) is 0 Å². The molecule has 0 aliphatic carbocycles. The standard InChI is InChI=1S/CO.5CH4.3H2/c1-2;;;;;;;;/h;5*1H4;3*1H. The molecule has 0 aromatic rings. The summed E-state index contributed by atoms with van der Waals surface area (Å²) >= 11 is 0. The Hall–Kier alpha value is -0.260. The molecule has 56 valence electrons. The first-order valence-electron chi connectivity index (χ1n) is 0.204. The van der Waals surface area contributed by atoms with E-state index in [-0.39, 0.29) is 41.4 Å². The van der Waals surface area contributed by atoms with Crippen molar-refractivity contribution in [1.82, 2.24) is 0 Å². The third-order valence-corrected chi connectivity index (χ3v) is 0. The van der Waals surface area contributed by atoms with Gasteiger partial charge in [0.15, 0.2) is 0 Å². The minimum Gasteiger partial charge on any atom is 0 e. The maximum absolute atomic E-state index is 7.50. The Kier molecular flexibility index (Phi) is 111000. The Bertz CT molecular complexity index is 17.7. The van der Waals surface area contributed by atoms with E-state index in [1.807, 2.05) is 0 Å². The molecule has 0 atom stereocenters. The van der Waals surface area contributed by atoms with Crippen LogP contribution < -0.4 is 0 Å². The van der Waals surface area contributed by atoms with Gasteiger partial charge in [-0.1, -0.05) is 37.1 Å². The summed E-state index contributed by atoms with van der Waals surface area (Å²) in [7, 11) is 0. The Labute approximate surface area is 53.9 Å². The molecule has 0 aromatic carbocycles. The number of hydrogen-bond donors (Lipinski definition) is 0. The Morgan fingerprint density at radius 3 is 0.714 bits per heavy atom. The van der Waals surface area contributed by atoms with Gasteiger partial charge in [0.05, 0.1) is 0 Å². The SMILES string of the molecule is C.C.C.C.C.[C-]#[O+].[HH].[HH].[HH]. The molecule has 0 spiro atoms. The molecule has 0 saturated carbocycles. The van der Waals surface area contributed by atoms with Crippen molar-refractivity contribution in [3.05, 3.63) is 6.65 Å². The van der Waals surface area contributed by atoms with Gasteiger partial charge in [-0.15, -0.1) is 0 Å². The Morgan fingerprint density at radius 2 is 0.714 bits per heavy atom. The van der Waals surface area contributed by atoms with E-state index >= 15 is 0 Å². The third kappa shape index (κ3) is 1190. The van der Waals surface area contributed by atoms with Crippen molar-refractivity contribution in [2.75, 3.05) is 0 Å². The fraction of sp³-hybridized carbons (Fsp3) is 0.833. The summed E-state index contributed by atoms with van der Waals surface area (Å²) < 4.78 is 7.50. The van der Waals surface area contributed by atoms with Crippen LogP contribution in [0.15, 0.2) is 0 Å². The average molecular weight is 114 g/mol. The summed E-state index contributed by atoms with van der Waals surface area (Å²) in [5.41, 5.74) is 0. The van der Waals surface area contributed by atoms with Crippen LogP contribution in [0.25, 0.3) is 0 Å². The van der Waals surface area contributed by atoms with Crippen molar-refractivity contribution >= 4 is 0 Å². The van der Waals surface area contributed by atoms with Crippen LogP contribution in [0, 0.1) is 6.65 Å². The van der Waals surface area contributed by atoms with E-state index in [1.165, 1.54) is 0 Å². The van der Waals surface area contributed by atoms with Crippen molar-refractivity contribution in [3.8, 4) is 0 Å². The van der Waals surface area contributed by atoms with Crippen molar-refractivity contribution in [1.29, 1.82) is 0 Å². The fourth-order valence-corrected chi connectivity index (χ4v) is 0. The zero-order valence-corrected chi connectivity index (χ0v) is 0.908. The molecule has 0 aromatic heterocycles. The van der Waals surface area contributed by atoms with E-state index in [9.17, 15) is 0 Å². The minimum absolute atomic E-state index is 0. The molecule has 0 saturated heterocycles. The zero-order chi connectivity index (χ0) is 2.00. The van der Waals surface area contributed by atoms with Gasteiger partial charge in [-0.2, -0.15) is 0 Å². The quantitative estimate of drug-likeness (QED) is 0.336. The van der Waals surface area contributed by atoms with Crippen molar-refractivity contribution < 1.29 is 8.93 Å². The van der Waals surface area contributed by atoms with Crippen LogP contribution in [0.2, 0.25) is 0 Å². The molecule has 0 N–H and O–H groups in total. The zero-order valence-electron chi connectivity index (χ0n) is 0.908. The van der Waals surface area contributed by atoms with Crippen LogP contribution in [0.1, 0.15) is 41.4 Å². The van der Waals surface area contributed by atoms with Crippen LogP contribution in [-0.4, -0.2) is 0 Å². The summed E-state index contributed by atoms with van der Waals surface area (Å²) in [5.74, 6) is 0. The normalized spacial score (nSPS) is 0.286. The van der Waals surface area contributed by atoms with Gasteiger partial charge in [0.25, 0.3) is 0 Å². The predicted molar refractivity (Wildman–Crippen MR) is 43.9 cm³/mol. The molecular formula is C6H26O. The molecule has 0 bridgehead atoms. The molecule has 0 fully saturated rings. The second-order valence-corrected chi connectivity index (χ2v) is 0. The monoisotopic (exact) mass is 114 g/mol. The van der Waals surface area contributed by atoms with E-state index in [0.29, 0.717) is 0 Å². The van der Waals surface area contributed by atoms with Crippen LogP contribution in [0.5, 0.6) is 0 Å². The number of rotatable bonds is 0. The number of hydrogen-bond acceptors (Lipinski definition) is 0.